The van der Waals surface area contributed by atoms with Gasteiger partial charge in [-0.15, -0.1) is 0 Å². The molecule has 5 nitrogen and oxygen atoms in total. The molecule has 1 saturated carbocycles. The third-order valence-electron chi connectivity index (χ3n) is 5.03. The van der Waals surface area contributed by atoms with Gasteiger partial charge in [0.2, 0.25) is 5.82 Å². The fraction of sp³-hybridized carbons (Fsp3) is 0.318. The van der Waals surface area contributed by atoms with Gasteiger partial charge in [-0.1, -0.05) is 43.5 Å². The predicted molar refractivity (Wildman–Crippen MR) is 108 cm³/mol. The first-order chi connectivity index (χ1) is 13.2. The number of anilines is 2. The van der Waals surface area contributed by atoms with Gasteiger partial charge in [0.05, 0.1) is 5.52 Å². The van der Waals surface area contributed by atoms with E-state index in [-0.39, 0.29) is 17.8 Å². The van der Waals surface area contributed by atoms with Gasteiger partial charge < -0.3 is 10.6 Å². The zero-order valence-corrected chi connectivity index (χ0v) is 15.5. The maximum Gasteiger partial charge on any atom is 0.289 e. The number of carbonyl (C=O) groups is 1. The Morgan fingerprint density at radius 3 is 2.63 bits per heavy atom. The summed E-state index contributed by atoms with van der Waals surface area (Å²) in [5.41, 5.74) is 2.86. The summed E-state index contributed by atoms with van der Waals surface area (Å²) < 4.78 is 0. The standard InChI is InChI=1S/C22H24N4O/c1-15-8-7-11-17(14-15)23-20-18-12-5-6-13-19(18)25-21(26-20)22(27)24-16-9-3-2-4-10-16/h5-8,11-14,16H,2-4,9-10H2,1H3,(H,24,27)(H,23,25,26). The molecule has 1 fully saturated rings. The maximum absolute atomic E-state index is 12.8. The molecule has 1 aliphatic rings. The lowest BCUT2D eigenvalue weighted by Gasteiger charge is -2.22. The van der Waals surface area contributed by atoms with Crippen molar-refractivity contribution < 1.29 is 4.79 Å². The largest absolute Gasteiger partial charge is 0.347 e. The molecule has 1 aromatic heterocycles. The molecule has 0 atom stereocenters. The Morgan fingerprint density at radius 1 is 1.00 bits per heavy atom. The van der Waals surface area contributed by atoms with E-state index in [9.17, 15) is 4.79 Å². The van der Waals surface area contributed by atoms with Crippen LogP contribution in [-0.4, -0.2) is 21.9 Å². The highest BCUT2D eigenvalue weighted by Crippen LogP contribution is 2.24. The number of carbonyl (C=O) groups excluding carboxylic acids is 1. The van der Waals surface area contributed by atoms with Gasteiger partial charge in [-0.2, -0.15) is 0 Å². The molecule has 0 radical (unpaired) electrons. The summed E-state index contributed by atoms with van der Waals surface area (Å²) in [6.45, 7) is 2.05. The number of hydrogen-bond acceptors (Lipinski definition) is 4. The molecule has 27 heavy (non-hydrogen) atoms. The zero-order valence-electron chi connectivity index (χ0n) is 15.5. The molecular formula is C22H24N4O. The third kappa shape index (κ3) is 4.08. The Labute approximate surface area is 159 Å². The molecule has 2 aromatic carbocycles. The summed E-state index contributed by atoms with van der Waals surface area (Å²) in [6.07, 6.45) is 5.66. The zero-order chi connectivity index (χ0) is 18.6. The van der Waals surface area contributed by atoms with Crippen LogP contribution in [0.3, 0.4) is 0 Å². The molecular weight excluding hydrogens is 336 g/mol. The van der Waals surface area contributed by atoms with Crippen LogP contribution in [0.1, 0.15) is 48.3 Å². The summed E-state index contributed by atoms with van der Waals surface area (Å²) in [5.74, 6) is 0.675. The monoisotopic (exact) mass is 360 g/mol. The third-order valence-corrected chi connectivity index (χ3v) is 5.03. The van der Waals surface area contributed by atoms with Crippen molar-refractivity contribution in [1.29, 1.82) is 0 Å². The van der Waals surface area contributed by atoms with Crippen LogP contribution in [0.4, 0.5) is 11.5 Å². The van der Waals surface area contributed by atoms with E-state index < -0.39 is 0 Å². The normalized spacial score (nSPS) is 14.9. The maximum atomic E-state index is 12.8. The van der Waals surface area contributed by atoms with Crippen LogP contribution in [0.5, 0.6) is 0 Å². The van der Waals surface area contributed by atoms with Gasteiger partial charge in [0.25, 0.3) is 5.91 Å². The SMILES string of the molecule is Cc1cccc(Nc2nc(C(=O)NC3CCCCC3)nc3ccccc23)c1. The van der Waals surface area contributed by atoms with Crippen molar-refractivity contribution in [1.82, 2.24) is 15.3 Å². The van der Waals surface area contributed by atoms with Gasteiger partial charge in [0, 0.05) is 17.1 Å². The average molecular weight is 360 g/mol. The molecule has 1 amide bonds. The van der Waals surface area contributed by atoms with E-state index in [1.807, 2.05) is 49.4 Å². The second-order valence-corrected chi connectivity index (χ2v) is 7.22. The van der Waals surface area contributed by atoms with Crippen molar-refractivity contribution in [3.63, 3.8) is 0 Å². The number of rotatable bonds is 4. The van der Waals surface area contributed by atoms with Crippen LogP contribution >= 0.6 is 0 Å². The number of amides is 1. The number of aromatic nitrogens is 2. The number of aryl methyl sites for hydroxylation is 1. The molecule has 0 unspecified atom stereocenters. The lowest BCUT2D eigenvalue weighted by Crippen LogP contribution is -2.37. The second-order valence-electron chi connectivity index (χ2n) is 7.22. The lowest BCUT2D eigenvalue weighted by atomic mass is 9.95. The van der Waals surface area contributed by atoms with Crippen molar-refractivity contribution >= 4 is 28.3 Å². The Bertz CT molecular complexity index is 963. The molecule has 1 aliphatic carbocycles. The van der Waals surface area contributed by atoms with Crippen LogP contribution < -0.4 is 10.6 Å². The number of benzene rings is 2. The van der Waals surface area contributed by atoms with Gasteiger partial charge in [0.15, 0.2) is 0 Å². The molecule has 138 valence electrons. The van der Waals surface area contributed by atoms with Gasteiger partial charge >= 0.3 is 0 Å². The highest BCUT2D eigenvalue weighted by Gasteiger charge is 2.19. The van der Waals surface area contributed by atoms with Crippen molar-refractivity contribution in [2.45, 2.75) is 45.1 Å². The molecule has 0 aliphatic heterocycles. The molecule has 1 heterocycles. The van der Waals surface area contributed by atoms with Crippen LogP contribution in [-0.2, 0) is 0 Å². The van der Waals surface area contributed by atoms with Crippen molar-refractivity contribution in [3.05, 3.63) is 59.9 Å². The van der Waals surface area contributed by atoms with Gasteiger partial charge in [-0.3, -0.25) is 4.79 Å². The van der Waals surface area contributed by atoms with E-state index >= 15 is 0 Å². The van der Waals surface area contributed by atoms with Crippen LogP contribution in [0, 0.1) is 6.92 Å². The fourth-order valence-corrected chi connectivity index (χ4v) is 3.63. The summed E-state index contributed by atoms with van der Waals surface area (Å²) in [5, 5.41) is 7.36. The molecule has 0 spiro atoms. The molecule has 0 saturated heterocycles. The van der Waals surface area contributed by atoms with E-state index in [2.05, 4.69) is 26.7 Å². The first-order valence-corrected chi connectivity index (χ1v) is 9.60. The minimum absolute atomic E-state index is 0.194. The van der Waals surface area contributed by atoms with Gasteiger partial charge in [-0.25, -0.2) is 9.97 Å². The van der Waals surface area contributed by atoms with Gasteiger partial charge in [-0.05, 0) is 49.6 Å². The van der Waals surface area contributed by atoms with Gasteiger partial charge in [0.1, 0.15) is 5.82 Å². The number of hydrogen-bond donors (Lipinski definition) is 2. The summed E-state index contributed by atoms with van der Waals surface area (Å²) in [6, 6.07) is 16.1. The van der Waals surface area contributed by atoms with E-state index in [1.54, 1.807) is 0 Å². The summed E-state index contributed by atoms with van der Waals surface area (Å²) >= 11 is 0. The number of nitrogens with one attached hydrogen (secondary N) is 2. The van der Waals surface area contributed by atoms with Crippen LogP contribution in [0.2, 0.25) is 0 Å². The molecule has 3 aromatic rings. The number of nitrogens with zero attached hydrogens (tertiary/aromatic N) is 2. The van der Waals surface area contributed by atoms with Crippen LogP contribution in [0.25, 0.3) is 10.9 Å². The smallest absolute Gasteiger partial charge is 0.289 e. The lowest BCUT2D eigenvalue weighted by molar-refractivity contribution is 0.0917. The highest BCUT2D eigenvalue weighted by atomic mass is 16.2. The first kappa shape index (κ1) is 17.5. The minimum Gasteiger partial charge on any atom is -0.347 e. The number of para-hydroxylation sites is 1. The molecule has 2 N–H and O–H groups in total. The topological polar surface area (TPSA) is 66.9 Å². The molecule has 0 bridgehead atoms. The minimum atomic E-state index is -0.194. The Balaban J connectivity index is 1.66. The van der Waals surface area contributed by atoms with E-state index in [1.165, 1.54) is 19.3 Å². The Kier molecular flexibility index (Phi) is 5.01. The second kappa shape index (κ2) is 7.74. The quantitative estimate of drug-likeness (QED) is 0.705. The van der Waals surface area contributed by atoms with Crippen LogP contribution in [0.15, 0.2) is 48.5 Å². The summed E-state index contributed by atoms with van der Waals surface area (Å²) in [7, 11) is 0. The Morgan fingerprint density at radius 2 is 1.81 bits per heavy atom. The predicted octanol–water partition coefficient (Wildman–Crippen LogP) is 4.74. The molecule has 5 heteroatoms. The fourth-order valence-electron chi connectivity index (χ4n) is 3.63. The van der Waals surface area contributed by atoms with Crippen molar-refractivity contribution in [2.24, 2.45) is 0 Å². The van der Waals surface area contributed by atoms with E-state index in [4.69, 9.17) is 0 Å². The molecule has 4 rings (SSSR count). The first-order valence-electron chi connectivity index (χ1n) is 9.60. The van der Waals surface area contributed by atoms with E-state index in [0.717, 1.165) is 35.0 Å². The highest BCUT2D eigenvalue weighted by molar-refractivity contribution is 5.97. The van der Waals surface area contributed by atoms with Crippen molar-refractivity contribution in [2.75, 3.05) is 5.32 Å². The van der Waals surface area contributed by atoms with E-state index in [0.29, 0.717) is 5.82 Å². The average Bonchev–Trinajstić information content (AvgIpc) is 2.69. The summed E-state index contributed by atoms with van der Waals surface area (Å²) in [4.78, 5) is 21.8. The Hall–Kier alpha value is -2.95. The van der Waals surface area contributed by atoms with Crippen molar-refractivity contribution in [3.8, 4) is 0 Å². The number of fused-ring (bicyclic) bond motifs is 1.